The highest BCUT2D eigenvalue weighted by Gasteiger charge is 2.23. The molecule has 1 aromatic carbocycles. The summed E-state index contributed by atoms with van der Waals surface area (Å²) >= 11 is 1.64. The highest BCUT2D eigenvalue weighted by atomic mass is 32.1. The van der Waals surface area contributed by atoms with Crippen LogP contribution in [0.4, 0.5) is 0 Å². The van der Waals surface area contributed by atoms with Crippen molar-refractivity contribution in [2.75, 3.05) is 6.54 Å². The molecule has 2 nitrogen and oxygen atoms in total. The van der Waals surface area contributed by atoms with Crippen molar-refractivity contribution in [3.05, 3.63) is 30.0 Å². The van der Waals surface area contributed by atoms with Crippen molar-refractivity contribution in [1.82, 2.24) is 9.69 Å². The van der Waals surface area contributed by atoms with Gasteiger partial charge in [0.25, 0.3) is 0 Å². The van der Waals surface area contributed by atoms with Crippen LogP contribution in [0.3, 0.4) is 0 Å². The normalized spacial score (nSPS) is 26.1. The molecule has 2 aromatic rings. The number of benzene rings is 1. The SMILES string of the molecule is CC1CC(c2nsc3ccccc23)CCN1. The first-order valence-electron chi connectivity index (χ1n) is 5.92. The minimum Gasteiger partial charge on any atom is -0.314 e. The van der Waals surface area contributed by atoms with E-state index in [-0.39, 0.29) is 0 Å². The second-order valence-electron chi connectivity index (χ2n) is 4.64. The molecule has 0 radical (unpaired) electrons. The fourth-order valence-electron chi connectivity index (χ4n) is 2.58. The monoisotopic (exact) mass is 232 g/mol. The first-order valence-corrected chi connectivity index (χ1v) is 6.69. The van der Waals surface area contributed by atoms with E-state index in [0.29, 0.717) is 12.0 Å². The average molecular weight is 232 g/mol. The Morgan fingerprint density at radius 2 is 2.25 bits per heavy atom. The van der Waals surface area contributed by atoms with Crippen LogP contribution in [-0.2, 0) is 0 Å². The van der Waals surface area contributed by atoms with Crippen molar-refractivity contribution in [3.63, 3.8) is 0 Å². The smallest absolute Gasteiger partial charge is 0.0652 e. The maximum absolute atomic E-state index is 4.67. The van der Waals surface area contributed by atoms with Crippen molar-refractivity contribution in [1.29, 1.82) is 0 Å². The van der Waals surface area contributed by atoms with Gasteiger partial charge in [-0.2, -0.15) is 4.37 Å². The lowest BCUT2D eigenvalue weighted by atomic mass is 9.89. The van der Waals surface area contributed by atoms with Crippen LogP contribution < -0.4 is 5.32 Å². The van der Waals surface area contributed by atoms with Crippen molar-refractivity contribution in [2.45, 2.75) is 31.7 Å². The maximum Gasteiger partial charge on any atom is 0.0652 e. The molecule has 2 heterocycles. The van der Waals surface area contributed by atoms with E-state index in [2.05, 4.69) is 40.9 Å². The van der Waals surface area contributed by atoms with Crippen LogP contribution >= 0.6 is 11.5 Å². The third-order valence-electron chi connectivity index (χ3n) is 3.42. The molecular formula is C13H16N2S. The largest absolute Gasteiger partial charge is 0.314 e. The summed E-state index contributed by atoms with van der Waals surface area (Å²) in [7, 11) is 0. The molecule has 3 rings (SSSR count). The Labute approximate surface area is 99.8 Å². The summed E-state index contributed by atoms with van der Waals surface area (Å²) in [6.45, 7) is 3.39. The van der Waals surface area contributed by atoms with Gasteiger partial charge in [-0.25, -0.2) is 0 Å². The van der Waals surface area contributed by atoms with E-state index >= 15 is 0 Å². The van der Waals surface area contributed by atoms with E-state index in [9.17, 15) is 0 Å². The Balaban J connectivity index is 1.99. The lowest BCUT2D eigenvalue weighted by Crippen LogP contribution is -2.34. The summed E-state index contributed by atoms with van der Waals surface area (Å²) in [4.78, 5) is 0. The predicted molar refractivity (Wildman–Crippen MR) is 69.1 cm³/mol. The van der Waals surface area contributed by atoms with Crippen LogP contribution in [0.25, 0.3) is 10.1 Å². The summed E-state index contributed by atoms with van der Waals surface area (Å²) in [5.74, 6) is 0.646. The van der Waals surface area contributed by atoms with Crippen LogP contribution in [-0.4, -0.2) is 17.0 Å². The van der Waals surface area contributed by atoms with Crippen LogP contribution in [0.1, 0.15) is 31.4 Å². The molecular weight excluding hydrogens is 216 g/mol. The molecule has 1 aromatic heterocycles. The Morgan fingerprint density at radius 1 is 1.38 bits per heavy atom. The lowest BCUT2D eigenvalue weighted by molar-refractivity contribution is 0.379. The molecule has 0 spiro atoms. The molecule has 0 amide bonds. The van der Waals surface area contributed by atoms with E-state index in [4.69, 9.17) is 0 Å². The summed E-state index contributed by atoms with van der Waals surface area (Å²) in [5, 5.41) is 4.86. The molecule has 1 fully saturated rings. The van der Waals surface area contributed by atoms with Crippen molar-refractivity contribution in [3.8, 4) is 0 Å². The number of hydrogen-bond acceptors (Lipinski definition) is 3. The molecule has 1 N–H and O–H groups in total. The van der Waals surface area contributed by atoms with Crippen LogP contribution in [0.2, 0.25) is 0 Å². The van der Waals surface area contributed by atoms with Gasteiger partial charge in [0, 0.05) is 17.3 Å². The van der Waals surface area contributed by atoms with Crippen LogP contribution in [0.5, 0.6) is 0 Å². The van der Waals surface area contributed by atoms with Gasteiger partial charge >= 0.3 is 0 Å². The number of aromatic nitrogens is 1. The quantitative estimate of drug-likeness (QED) is 0.817. The maximum atomic E-state index is 4.67. The third kappa shape index (κ3) is 1.74. The summed E-state index contributed by atoms with van der Waals surface area (Å²) in [6, 6.07) is 9.21. The minimum atomic E-state index is 0.624. The Bertz CT molecular complexity index is 491. The Kier molecular flexibility index (Phi) is 2.65. The standard InChI is InChI=1S/C13H16N2S/c1-9-8-10(6-7-14-9)13-11-4-2-3-5-12(11)16-15-13/h2-5,9-10,14H,6-8H2,1H3. The summed E-state index contributed by atoms with van der Waals surface area (Å²) < 4.78 is 5.99. The number of piperidine rings is 1. The first-order chi connectivity index (χ1) is 7.84. The van der Waals surface area contributed by atoms with Gasteiger partial charge in [0.15, 0.2) is 0 Å². The Morgan fingerprint density at radius 3 is 3.12 bits per heavy atom. The molecule has 16 heavy (non-hydrogen) atoms. The van der Waals surface area contributed by atoms with E-state index in [1.165, 1.54) is 28.6 Å². The van der Waals surface area contributed by atoms with E-state index in [1.54, 1.807) is 11.5 Å². The predicted octanol–water partition coefficient (Wildman–Crippen LogP) is 3.15. The fraction of sp³-hybridized carbons (Fsp3) is 0.462. The minimum absolute atomic E-state index is 0.624. The van der Waals surface area contributed by atoms with Gasteiger partial charge in [0.2, 0.25) is 0 Å². The fourth-order valence-corrected chi connectivity index (χ4v) is 3.43. The van der Waals surface area contributed by atoms with Crippen LogP contribution in [0.15, 0.2) is 24.3 Å². The van der Waals surface area contributed by atoms with Crippen LogP contribution in [0, 0.1) is 0 Å². The van der Waals surface area contributed by atoms with E-state index < -0.39 is 0 Å². The molecule has 0 bridgehead atoms. The zero-order chi connectivity index (χ0) is 11.0. The number of fused-ring (bicyclic) bond motifs is 1. The molecule has 1 aliphatic heterocycles. The Hall–Kier alpha value is -0.930. The highest BCUT2D eigenvalue weighted by molar-refractivity contribution is 7.13. The molecule has 3 heteroatoms. The second-order valence-corrected chi connectivity index (χ2v) is 5.45. The number of rotatable bonds is 1. The average Bonchev–Trinajstić information content (AvgIpc) is 2.72. The summed E-state index contributed by atoms with van der Waals surface area (Å²) in [5.41, 5.74) is 1.33. The van der Waals surface area contributed by atoms with Crippen molar-refractivity contribution in [2.24, 2.45) is 0 Å². The highest BCUT2D eigenvalue weighted by Crippen LogP contribution is 2.33. The molecule has 0 aliphatic carbocycles. The van der Waals surface area contributed by atoms with Gasteiger partial charge in [-0.1, -0.05) is 18.2 Å². The van der Waals surface area contributed by atoms with Gasteiger partial charge in [-0.3, -0.25) is 0 Å². The van der Waals surface area contributed by atoms with Gasteiger partial charge in [-0.05, 0) is 43.9 Å². The molecule has 84 valence electrons. The molecule has 2 atom stereocenters. The summed E-state index contributed by atoms with van der Waals surface area (Å²) in [6.07, 6.45) is 2.44. The van der Waals surface area contributed by atoms with Gasteiger partial charge in [0.1, 0.15) is 0 Å². The molecule has 2 unspecified atom stereocenters. The molecule has 1 aliphatic rings. The van der Waals surface area contributed by atoms with Gasteiger partial charge in [-0.15, -0.1) is 0 Å². The third-order valence-corrected chi connectivity index (χ3v) is 4.26. The van der Waals surface area contributed by atoms with E-state index in [0.717, 1.165) is 6.54 Å². The zero-order valence-corrected chi connectivity index (χ0v) is 10.3. The topological polar surface area (TPSA) is 24.9 Å². The first kappa shape index (κ1) is 10.2. The zero-order valence-electron chi connectivity index (χ0n) is 9.44. The van der Waals surface area contributed by atoms with Crippen molar-refractivity contribution < 1.29 is 0 Å². The van der Waals surface area contributed by atoms with Crippen molar-refractivity contribution >= 4 is 21.6 Å². The molecule has 0 saturated carbocycles. The second kappa shape index (κ2) is 4.15. The van der Waals surface area contributed by atoms with Gasteiger partial charge < -0.3 is 5.32 Å². The number of nitrogens with one attached hydrogen (secondary N) is 1. The lowest BCUT2D eigenvalue weighted by Gasteiger charge is -2.27. The van der Waals surface area contributed by atoms with E-state index in [1.807, 2.05) is 0 Å². The van der Waals surface area contributed by atoms with Gasteiger partial charge in [0.05, 0.1) is 10.4 Å². The molecule has 1 saturated heterocycles. The number of hydrogen-bond donors (Lipinski definition) is 1. The number of nitrogens with zero attached hydrogens (tertiary/aromatic N) is 1.